The molecule has 0 aliphatic heterocycles. The van der Waals surface area contributed by atoms with Crippen LogP contribution in [0.4, 0.5) is 4.39 Å². The average molecular weight is 160 g/mol. The predicted molar refractivity (Wildman–Crippen MR) is 39.2 cm³/mol. The van der Waals surface area contributed by atoms with E-state index in [9.17, 15) is 9.18 Å². The van der Waals surface area contributed by atoms with E-state index in [4.69, 9.17) is 0 Å². The lowest BCUT2D eigenvalue weighted by Gasteiger charge is -1.75. The highest BCUT2D eigenvalue weighted by atomic mass is 32.1. The molecule has 0 aliphatic carbocycles. The molecular weight excluding hydrogens is 155 g/mol. The number of aldehydes is 1. The Labute approximate surface area is 58.9 Å². The van der Waals surface area contributed by atoms with Crippen LogP contribution in [-0.2, 0) is 0 Å². The molecule has 1 heterocycles. The van der Waals surface area contributed by atoms with Gasteiger partial charge in [-0.25, -0.2) is 4.39 Å². The van der Waals surface area contributed by atoms with Crippen LogP contribution in [0.15, 0.2) is 6.07 Å². The summed E-state index contributed by atoms with van der Waals surface area (Å²) in [5.74, 6) is -0.228. The summed E-state index contributed by atoms with van der Waals surface area (Å²) in [6.07, 6.45) is 0.676. The summed E-state index contributed by atoms with van der Waals surface area (Å²) in [5, 5.41) is 0. The molecule has 0 radical (unpaired) electrons. The van der Waals surface area contributed by atoms with Crippen LogP contribution in [0.5, 0.6) is 0 Å². The van der Waals surface area contributed by atoms with Crippen molar-refractivity contribution in [2.75, 3.05) is 0 Å². The Morgan fingerprint density at radius 1 is 1.78 bits per heavy atom. The topological polar surface area (TPSA) is 17.1 Å². The van der Waals surface area contributed by atoms with E-state index in [1.165, 1.54) is 17.4 Å². The molecule has 0 amide bonds. The van der Waals surface area contributed by atoms with Crippen molar-refractivity contribution in [3.8, 4) is 0 Å². The molecule has 1 rings (SSSR count). The van der Waals surface area contributed by atoms with E-state index in [2.05, 4.69) is 0 Å². The number of hydrogen-bond acceptors (Lipinski definition) is 2. The lowest BCUT2D eigenvalue weighted by Crippen LogP contribution is -1.97. The number of carbonyl (C=O) groups excluding carboxylic acids is 1. The van der Waals surface area contributed by atoms with Crippen LogP contribution in [0.3, 0.4) is 0 Å². The lowest BCUT2D eigenvalue weighted by atomic mass is 10.5. The van der Waals surface area contributed by atoms with Gasteiger partial charge in [0, 0.05) is 4.50 Å². The molecule has 4 heteroatoms. The van der Waals surface area contributed by atoms with Crippen LogP contribution in [0.1, 0.15) is 9.67 Å². The Morgan fingerprint density at radius 3 is 2.67 bits per heavy atom. The van der Waals surface area contributed by atoms with E-state index in [1.807, 2.05) is 0 Å². The zero-order valence-electron chi connectivity index (χ0n) is 4.85. The third-order valence-corrected chi connectivity index (χ3v) is 3.03. The van der Waals surface area contributed by atoms with Gasteiger partial charge in [0.15, 0.2) is 6.29 Å². The first kappa shape index (κ1) is 6.63. The van der Waals surface area contributed by atoms with Gasteiger partial charge in [-0.1, -0.05) is 0 Å². The molecule has 0 spiro atoms. The second-order valence-corrected chi connectivity index (χ2v) is 4.68. The molecule has 0 saturated heterocycles. The minimum Gasteiger partial charge on any atom is -0.297 e. The standard InChI is InChI=1S/C5H5FOSSi/c6-4-1-3(2-7)8-5(4)9/h1-2H,9H3. The first-order chi connectivity index (χ1) is 4.24. The molecule has 0 bridgehead atoms. The first-order valence-corrected chi connectivity index (χ1v) is 4.27. The summed E-state index contributed by atoms with van der Waals surface area (Å²) in [6, 6.07) is 1.28. The van der Waals surface area contributed by atoms with Gasteiger partial charge in [0.1, 0.15) is 5.82 Å². The van der Waals surface area contributed by atoms with Crippen molar-refractivity contribution in [2.24, 2.45) is 0 Å². The summed E-state index contributed by atoms with van der Waals surface area (Å²) in [6.45, 7) is 0. The number of hydrogen-bond donors (Lipinski definition) is 0. The van der Waals surface area contributed by atoms with Crippen molar-refractivity contribution in [3.05, 3.63) is 16.8 Å². The highest BCUT2D eigenvalue weighted by Gasteiger charge is 2.01. The van der Waals surface area contributed by atoms with Crippen LogP contribution in [-0.4, -0.2) is 16.5 Å². The van der Waals surface area contributed by atoms with E-state index < -0.39 is 0 Å². The second-order valence-electron chi connectivity index (χ2n) is 1.67. The number of carbonyl (C=O) groups is 1. The summed E-state index contributed by atoms with van der Waals surface area (Å²) >= 11 is 1.23. The zero-order chi connectivity index (χ0) is 6.85. The Kier molecular flexibility index (Phi) is 1.77. The third-order valence-electron chi connectivity index (χ3n) is 0.992. The highest BCUT2D eigenvalue weighted by Crippen LogP contribution is 2.05. The summed E-state index contributed by atoms with van der Waals surface area (Å²) < 4.78 is 13.1. The second kappa shape index (κ2) is 2.41. The smallest absolute Gasteiger partial charge is 0.160 e. The van der Waals surface area contributed by atoms with Gasteiger partial charge in [-0.3, -0.25) is 4.79 Å². The fourth-order valence-electron chi connectivity index (χ4n) is 0.540. The predicted octanol–water partition coefficient (Wildman–Crippen LogP) is -0.310. The number of rotatable bonds is 1. The molecule has 0 aromatic carbocycles. The van der Waals surface area contributed by atoms with Gasteiger partial charge in [-0.05, 0) is 6.07 Å². The molecule has 0 atom stereocenters. The van der Waals surface area contributed by atoms with Crippen LogP contribution in [0, 0.1) is 5.82 Å². The maximum absolute atomic E-state index is 12.4. The van der Waals surface area contributed by atoms with E-state index in [0.717, 1.165) is 0 Å². The molecule has 0 aliphatic rings. The van der Waals surface area contributed by atoms with Crippen molar-refractivity contribution < 1.29 is 9.18 Å². The average Bonchev–Trinajstić information content (AvgIpc) is 2.13. The normalized spacial score (nSPS) is 9.89. The lowest BCUT2D eigenvalue weighted by molar-refractivity contribution is 0.112. The van der Waals surface area contributed by atoms with E-state index >= 15 is 0 Å². The van der Waals surface area contributed by atoms with Gasteiger partial charge in [-0.15, -0.1) is 11.3 Å². The minimum atomic E-state index is -0.228. The van der Waals surface area contributed by atoms with E-state index in [1.54, 1.807) is 0 Å². The van der Waals surface area contributed by atoms with Crippen LogP contribution in [0.2, 0.25) is 0 Å². The first-order valence-electron chi connectivity index (χ1n) is 2.45. The van der Waals surface area contributed by atoms with E-state index in [0.29, 0.717) is 25.9 Å². The summed E-state index contributed by atoms with van der Waals surface area (Å²) in [4.78, 5) is 10.5. The van der Waals surface area contributed by atoms with Gasteiger partial charge in [0.05, 0.1) is 15.1 Å². The molecule has 9 heavy (non-hydrogen) atoms. The molecule has 0 fully saturated rings. The van der Waals surface area contributed by atoms with Gasteiger partial charge in [0.25, 0.3) is 0 Å². The zero-order valence-corrected chi connectivity index (χ0v) is 7.67. The van der Waals surface area contributed by atoms with Crippen LogP contribution < -0.4 is 4.50 Å². The summed E-state index contributed by atoms with van der Waals surface area (Å²) in [7, 11) is 0.686. The molecule has 0 saturated carbocycles. The fraction of sp³-hybridized carbons (Fsp3) is 0. The largest absolute Gasteiger partial charge is 0.297 e. The van der Waals surface area contributed by atoms with Gasteiger partial charge in [0.2, 0.25) is 0 Å². The Hall–Kier alpha value is -0.483. The Bertz CT molecular complexity index is 213. The molecule has 1 nitrogen and oxygen atoms in total. The summed E-state index contributed by atoms with van der Waals surface area (Å²) in [5.41, 5.74) is 0. The van der Waals surface area contributed by atoms with Crippen molar-refractivity contribution >= 4 is 32.4 Å². The van der Waals surface area contributed by atoms with Crippen molar-refractivity contribution in [2.45, 2.75) is 0 Å². The molecule has 0 N–H and O–H groups in total. The Morgan fingerprint density at radius 2 is 2.44 bits per heavy atom. The fourth-order valence-corrected chi connectivity index (χ4v) is 2.11. The Balaban J connectivity index is 3.11. The molecule has 1 aromatic rings. The monoisotopic (exact) mass is 160 g/mol. The SMILES string of the molecule is O=Cc1cc(F)c([SiH3])s1. The van der Waals surface area contributed by atoms with Crippen LogP contribution >= 0.6 is 11.3 Å². The third kappa shape index (κ3) is 1.25. The van der Waals surface area contributed by atoms with Crippen molar-refractivity contribution in [1.82, 2.24) is 0 Å². The molecule has 0 unspecified atom stereocenters. The van der Waals surface area contributed by atoms with Crippen molar-refractivity contribution in [1.29, 1.82) is 0 Å². The minimum absolute atomic E-state index is 0.228. The van der Waals surface area contributed by atoms with Crippen LogP contribution in [0.25, 0.3) is 0 Å². The maximum atomic E-state index is 12.4. The van der Waals surface area contributed by atoms with Gasteiger partial charge < -0.3 is 0 Å². The number of thiophene rings is 1. The van der Waals surface area contributed by atoms with Gasteiger partial charge >= 0.3 is 0 Å². The molecule has 48 valence electrons. The molecule has 1 aromatic heterocycles. The number of halogens is 1. The van der Waals surface area contributed by atoms with Gasteiger partial charge in [-0.2, -0.15) is 0 Å². The van der Waals surface area contributed by atoms with Crippen molar-refractivity contribution in [3.63, 3.8) is 0 Å². The maximum Gasteiger partial charge on any atom is 0.160 e. The highest BCUT2D eigenvalue weighted by molar-refractivity contribution is 7.21. The quantitative estimate of drug-likeness (QED) is 0.407. The van der Waals surface area contributed by atoms with E-state index in [-0.39, 0.29) is 5.82 Å². The molecular formula is C5H5FOSSi.